The summed E-state index contributed by atoms with van der Waals surface area (Å²) < 4.78 is 34.7. The first-order valence-electron chi connectivity index (χ1n) is 7.29. The van der Waals surface area contributed by atoms with Gasteiger partial charge in [-0.25, -0.2) is 0 Å². The molecule has 1 unspecified atom stereocenters. The Morgan fingerprint density at radius 3 is 2.76 bits per heavy atom. The average Bonchev–Trinajstić information content (AvgIpc) is 3.21. The zero-order valence-electron chi connectivity index (χ0n) is 12.0. The summed E-state index contributed by atoms with van der Waals surface area (Å²) in [4.78, 5) is 2.46. The number of nitrogens with one attached hydrogen (secondary N) is 1. The molecule has 0 radical (unpaired) electrons. The molecule has 1 heterocycles. The Labute approximate surface area is 123 Å². The zero-order valence-corrected chi connectivity index (χ0v) is 12.0. The first kappa shape index (κ1) is 14.4. The molecule has 21 heavy (non-hydrogen) atoms. The standard InChI is InChI=1S/C15H20F2N2O2/c1-20-12-4-5-14(21-15(16)17)13(8-12)18-10-6-7-19(9-10)11-2-3-11/h4-5,8,10-11,15,18H,2-3,6-7,9H2,1H3. The lowest BCUT2D eigenvalue weighted by Gasteiger charge is -2.19. The second-order valence-corrected chi connectivity index (χ2v) is 5.60. The molecule has 0 amide bonds. The number of methoxy groups -OCH3 is 1. The molecule has 1 saturated heterocycles. The van der Waals surface area contributed by atoms with Gasteiger partial charge in [0.15, 0.2) is 0 Å². The lowest BCUT2D eigenvalue weighted by molar-refractivity contribution is -0.0494. The Bertz CT molecular complexity index is 495. The minimum atomic E-state index is -2.83. The van der Waals surface area contributed by atoms with E-state index in [9.17, 15) is 8.78 Å². The van der Waals surface area contributed by atoms with Crippen LogP contribution < -0.4 is 14.8 Å². The number of benzene rings is 1. The van der Waals surface area contributed by atoms with Gasteiger partial charge in [0.2, 0.25) is 0 Å². The summed E-state index contributed by atoms with van der Waals surface area (Å²) in [5.74, 6) is 0.784. The minimum absolute atomic E-state index is 0.163. The van der Waals surface area contributed by atoms with E-state index in [1.807, 2.05) is 0 Å². The van der Waals surface area contributed by atoms with Gasteiger partial charge < -0.3 is 14.8 Å². The highest BCUT2D eigenvalue weighted by atomic mass is 19.3. The molecule has 2 aliphatic rings. The Balaban J connectivity index is 1.70. The van der Waals surface area contributed by atoms with Gasteiger partial charge in [0, 0.05) is 31.2 Å². The monoisotopic (exact) mass is 298 g/mol. The van der Waals surface area contributed by atoms with Gasteiger partial charge in [0.05, 0.1) is 12.8 Å². The van der Waals surface area contributed by atoms with E-state index in [2.05, 4.69) is 15.0 Å². The van der Waals surface area contributed by atoms with Crippen molar-refractivity contribution < 1.29 is 18.3 Å². The Morgan fingerprint density at radius 2 is 2.10 bits per heavy atom. The number of rotatable bonds is 6. The quantitative estimate of drug-likeness (QED) is 0.875. The molecule has 1 atom stereocenters. The van der Waals surface area contributed by atoms with Crippen molar-refractivity contribution in [2.75, 3.05) is 25.5 Å². The highest BCUT2D eigenvalue weighted by molar-refractivity contribution is 5.60. The predicted octanol–water partition coefficient (Wildman–Crippen LogP) is 2.95. The van der Waals surface area contributed by atoms with E-state index in [0.717, 1.165) is 25.6 Å². The molecule has 3 rings (SSSR count). The summed E-state index contributed by atoms with van der Waals surface area (Å²) in [6.07, 6.45) is 3.58. The number of anilines is 1. The van der Waals surface area contributed by atoms with Crippen molar-refractivity contribution in [3.05, 3.63) is 18.2 Å². The molecule has 0 spiro atoms. The van der Waals surface area contributed by atoms with Gasteiger partial charge >= 0.3 is 6.61 Å². The summed E-state index contributed by atoms with van der Waals surface area (Å²) >= 11 is 0. The van der Waals surface area contributed by atoms with E-state index in [0.29, 0.717) is 11.4 Å². The average molecular weight is 298 g/mol. The van der Waals surface area contributed by atoms with Gasteiger partial charge in [0.1, 0.15) is 11.5 Å². The first-order chi connectivity index (χ1) is 10.2. The molecule has 6 heteroatoms. The largest absolute Gasteiger partial charge is 0.497 e. The lowest BCUT2D eigenvalue weighted by atomic mass is 10.2. The summed E-state index contributed by atoms with van der Waals surface area (Å²) in [7, 11) is 1.55. The van der Waals surface area contributed by atoms with Gasteiger partial charge in [-0.1, -0.05) is 0 Å². The van der Waals surface area contributed by atoms with Crippen molar-refractivity contribution in [3.63, 3.8) is 0 Å². The summed E-state index contributed by atoms with van der Waals surface area (Å²) in [6, 6.07) is 5.84. The van der Waals surface area contributed by atoms with E-state index in [1.165, 1.54) is 18.9 Å². The van der Waals surface area contributed by atoms with Crippen LogP contribution in [0.15, 0.2) is 18.2 Å². The lowest BCUT2D eigenvalue weighted by Crippen LogP contribution is -2.27. The number of ether oxygens (including phenoxy) is 2. The minimum Gasteiger partial charge on any atom is -0.497 e. The Kier molecular flexibility index (Phi) is 4.14. The molecule has 2 fully saturated rings. The molecule has 0 aromatic heterocycles. The third-order valence-electron chi connectivity index (χ3n) is 4.05. The molecule has 0 bridgehead atoms. The summed E-state index contributed by atoms with van der Waals surface area (Å²) in [6.45, 7) is -0.807. The number of likely N-dealkylation sites (tertiary alicyclic amines) is 1. The predicted molar refractivity (Wildman–Crippen MR) is 76.2 cm³/mol. The highest BCUT2D eigenvalue weighted by Gasteiger charge is 2.34. The number of alkyl halides is 2. The zero-order chi connectivity index (χ0) is 14.8. The van der Waals surface area contributed by atoms with E-state index in [4.69, 9.17) is 4.74 Å². The number of halogens is 2. The molecule has 1 aromatic carbocycles. The molecule has 116 valence electrons. The fraction of sp³-hybridized carbons (Fsp3) is 0.600. The van der Waals surface area contributed by atoms with Crippen LogP contribution in [0, 0.1) is 0 Å². The molecule has 4 nitrogen and oxygen atoms in total. The number of nitrogens with zero attached hydrogens (tertiary/aromatic N) is 1. The second-order valence-electron chi connectivity index (χ2n) is 5.60. The van der Waals surface area contributed by atoms with Crippen LogP contribution in [0.1, 0.15) is 19.3 Å². The fourth-order valence-corrected chi connectivity index (χ4v) is 2.84. The molecule has 1 aromatic rings. The molecular weight excluding hydrogens is 278 g/mol. The molecular formula is C15H20F2N2O2. The van der Waals surface area contributed by atoms with Crippen LogP contribution in [0.3, 0.4) is 0 Å². The van der Waals surface area contributed by atoms with Crippen molar-refractivity contribution in [2.45, 2.75) is 38.0 Å². The van der Waals surface area contributed by atoms with Gasteiger partial charge in [-0.3, -0.25) is 4.90 Å². The second kappa shape index (κ2) is 6.05. The van der Waals surface area contributed by atoms with E-state index in [1.54, 1.807) is 19.2 Å². The van der Waals surface area contributed by atoms with Crippen LogP contribution in [0.2, 0.25) is 0 Å². The first-order valence-corrected chi connectivity index (χ1v) is 7.29. The smallest absolute Gasteiger partial charge is 0.387 e. The summed E-state index contributed by atoms with van der Waals surface area (Å²) in [5, 5.41) is 3.32. The van der Waals surface area contributed by atoms with E-state index in [-0.39, 0.29) is 11.8 Å². The van der Waals surface area contributed by atoms with Crippen molar-refractivity contribution in [3.8, 4) is 11.5 Å². The Hall–Kier alpha value is -1.56. The van der Waals surface area contributed by atoms with Gasteiger partial charge in [-0.05, 0) is 31.4 Å². The highest BCUT2D eigenvalue weighted by Crippen LogP contribution is 2.34. The van der Waals surface area contributed by atoms with Crippen LogP contribution in [0.4, 0.5) is 14.5 Å². The van der Waals surface area contributed by atoms with Gasteiger partial charge in [0.25, 0.3) is 0 Å². The molecule has 1 N–H and O–H groups in total. The van der Waals surface area contributed by atoms with Crippen molar-refractivity contribution in [2.24, 2.45) is 0 Å². The van der Waals surface area contributed by atoms with Crippen molar-refractivity contribution in [1.82, 2.24) is 4.90 Å². The topological polar surface area (TPSA) is 33.7 Å². The fourth-order valence-electron chi connectivity index (χ4n) is 2.84. The van der Waals surface area contributed by atoms with Crippen LogP contribution in [-0.4, -0.2) is 43.8 Å². The third-order valence-corrected chi connectivity index (χ3v) is 4.05. The number of hydrogen-bond acceptors (Lipinski definition) is 4. The Morgan fingerprint density at radius 1 is 1.29 bits per heavy atom. The van der Waals surface area contributed by atoms with Crippen LogP contribution in [-0.2, 0) is 0 Å². The van der Waals surface area contributed by atoms with E-state index < -0.39 is 6.61 Å². The maximum Gasteiger partial charge on any atom is 0.387 e. The van der Waals surface area contributed by atoms with Crippen molar-refractivity contribution >= 4 is 5.69 Å². The maximum absolute atomic E-state index is 12.5. The van der Waals surface area contributed by atoms with Gasteiger partial charge in [-0.2, -0.15) is 8.78 Å². The third kappa shape index (κ3) is 3.56. The SMILES string of the molecule is COc1ccc(OC(F)F)c(NC2CCN(C3CC3)C2)c1. The van der Waals surface area contributed by atoms with Gasteiger partial charge in [-0.15, -0.1) is 0 Å². The normalized spacial score (nSPS) is 22.6. The summed E-state index contributed by atoms with van der Waals surface area (Å²) in [5.41, 5.74) is 0.567. The van der Waals surface area contributed by atoms with Crippen molar-refractivity contribution in [1.29, 1.82) is 0 Å². The van der Waals surface area contributed by atoms with Crippen LogP contribution in [0.5, 0.6) is 11.5 Å². The maximum atomic E-state index is 12.5. The van der Waals surface area contributed by atoms with Crippen LogP contribution in [0.25, 0.3) is 0 Å². The molecule has 1 aliphatic carbocycles. The molecule has 1 aliphatic heterocycles. The molecule has 1 saturated carbocycles. The van der Waals surface area contributed by atoms with E-state index >= 15 is 0 Å². The van der Waals surface area contributed by atoms with Crippen LogP contribution >= 0.6 is 0 Å². The number of hydrogen-bond donors (Lipinski definition) is 1.